The number of hydrogen-bond donors (Lipinski definition) is 5. The van der Waals surface area contributed by atoms with Crippen LogP contribution in [0, 0.1) is 24.4 Å². The monoisotopic (exact) mass is 2000 g/mol. The van der Waals surface area contributed by atoms with Crippen LogP contribution in [0.5, 0.6) is 5.75 Å². The number of methoxy groups -OCH3 is 1. The van der Waals surface area contributed by atoms with Crippen molar-refractivity contribution in [2.45, 2.75) is 116 Å². The Bertz CT molecular complexity index is 6270. The van der Waals surface area contributed by atoms with Crippen LogP contribution in [0.25, 0.3) is 0 Å². The molecule has 7 aliphatic rings. The molecule has 11 aromatic rings. The van der Waals surface area contributed by atoms with E-state index in [0.29, 0.717) is 113 Å². The van der Waals surface area contributed by atoms with E-state index in [4.69, 9.17) is 33.7 Å². The first kappa shape index (κ1) is 96.8. The fraction of sp³-hybridized carbons (Fsp3) is 0.333. The SMILES string of the molecule is CC(C)N[C@H]1CCN(c2ccc(S(=O)(=O)Nc3nccs3)cc2)C1=O.COc1ccc(Cl)cc1N1CCN([C@H]2CCN(c3ccc(S(=O)(=O)Nc4nccs4)cc3)C2=O)CC1.C[C@@H](c1ccc(F)c(F)c1)N1CCN([C@H]2CCN(c3ccc(S(=O)[O-])cc3)C2=O)CC1.Cc1cnc(NS(=O)(=O)c2ccc(N3CC[C@H](N4CCc5c4ccc(F)c5Cl)C3=O)cc2)s1.Nc1nccs1.[HH].[HH].[HH].[HH].[HH].[HH].[HH].[HH].[HH].[HH]. The van der Waals surface area contributed by atoms with Gasteiger partial charge < -0.3 is 49.7 Å². The molecule has 0 bridgehead atoms. The Morgan fingerprint density at radius 1 is 0.519 bits per heavy atom. The van der Waals surface area contributed by atoms with Crippen molar-refractivity contribution in [2.24, 2.45) is 0 Å². The summed E-state index contributed by atoms with van der Waals surface area (Å²) >= 11 is 15.2. The molecular weight excluding hydrogens is 1890 g/mol. The number of nitrogens with zero attached hydrogens (tertiary/aromatic N) is 13. The van der Waals surface area contributed by atoms with Crippen LogP contribution in [0.3, 0.4) is 0 Å². The zero-order valence-corrected chi connectivity index (χ0v) is 79.5. The van der Waals surface area contributed by atoms with Gasteiger partial charge in [0.1, 0.15) is 17.6 Å². The van der Waals surface area contributed by atoms with Gasteiger partial charge in [0.15, 0.2) is 32.2 Å². The van der Waals surface area contributed by atoms with Gasteiger partial charge in [0.05, 0.1) is 50.6 Å². The molecule has 1 unspecified atom stereocenters. The first-order valence-corrected chi connectivity index (χ1v) is 51.4. The molecule has 714 valence electrons. The summed E-state index contributed by atoms with van der Waals surface area (Å²) in [6.45, 7) is 16.7. The summed E-state index contributed by atoms with van der Waals surface area (Å²) in [5, 5.41) is 10.8. The number of thiazole rings is 4. The normalized spacial score (nSPS) is 19.0. The number of nitrogens with two attached hydrogens (primary N) is 1. The predicted molar refractivity (Wildman–Crippen MR) is 528 cm³/mol. The number of nitrogen functional groups attached to an aromatic ring is 1. The molecule has 6 fully saturated rings. The second kappa shape index (κ2) is 42.7. The van der Waals surface area contributed by atoms with Crippen LogP contribution in [0.1, 0.15) is 82.8 Å². The Balaban J connectivity index is 0.000000377. The van der Waals surface area contributed by atoms with Crippen molar-refractivity contribution in [1.29, 1.82) is 0 Å². The zero-order valence-electron chi connectivity index (χ0n) is 71.4. The molecule has 4 amide bonds. The highest BCUT2D eigenvalue weighted by Gasteiger charge is 2.43. The highest BCUT2D eigenvalue weighted by molar-refractivity contribution is 7.93. The number of fused-ring (bicyclic) bond motifs is 1. The molecule has 7 aliphatic heterocycles. The smallest absolute Gasteiger partial charge is 0.263 e. The highest BCUT2D eigenvalue weighted by atomic mass is 35.5. The Labute approximate surface area is 800 Å². The molecule has 0 radical (unpaired) electrons. The standard InChI is InChI=1S/C24H26ClN5O4S2.C22H20ClFN4O3S2.C22H25F2N3O3S.C16H20N4O3S2.C3H4N2S.10H2/c1-34-22-7-2-17(25)16-21(22)29-13-11-28(12-14-29)20-8-10-30(23(20)31)18-3-5-19(6-4-18)36(32,33)27-24-26-9-15-35-24;1-13-12-25-22(32-13)26-33(30,31)15-4-2-14(3-5-15)27-11-9-19(21(27)29)28-10-8-16-18(28)7-6-17(24)20(16)23;1-15(16-2-7-19(23)20(24)14-16)25-10-12-26(13-11-25)21-8-9-27(22(21)28)17-3-5-18(6-4-17)31(29)30;1-11(2)18-14-7-9-20(15(14)21)12-3-5-13(6-4-12)25(22,23)19-16-17-8-10-24-16;4-3-5-1-2-6-3;;;;;;;;;;/h2-7,9,15-16,20H,8,10-14H2,1H3,(H,26,27);2-7,12,19H,8-11H2,1H3,(H,25,26);2-7,14-15,21H,8-13H2,1H3,(H,29,30);3-6,8,10-11,14,18H,7,9H2,1-2H3,(H,17,19);1-2H,(H2,4,5);10*1H/p-1/t20-;19-;15-,21-;14-;;;;;;;;;;;/m0000.........../s1. The van der Waals surface area contributed by atoms with Crippen LogP contribution in [-0.2, 0) is 66.7 Å². The number of rotatable bonds is 23. The molecule has 6 saturated heterocycles. The van der Waals surface area contributed by atoms with E-state index in [1.54, 1.807) is 111 Å². The van der Waals surface area contributed by atoms with Gasteiger partial charge >= 0.3 is 0 Å². The number of carbonyl (C=O) groups is 4. The van der Waals surface area contributed by atoms with Gasteiger partial charge in [0.2, 0.25) is 23.6 Å². The summed E-state index contributed by atoms with van der Waals surface area (Å²) < 4.78 is 151. The average molecular weight is 2000 g/mol. The Hall–Kier alpha value is -10.3. The van der Waals surface area contributed by atoms with Crippen molar-refractivity contribution in [1.82, 2.24) is 40.0 Å². The molecule has 0 aliphatic carbocycles. The van der Waals surface area contributed by atoms with Crippen molar-refractivity contribution < 1.29 is 85.4 Å². The van der Waals surface area contributed by atoms with Gasteiger partial charge in [0.25, 0.3) is 30.1 Å². The number of anilines is 10. The van der Waals surface area contributed by atoms with Gasteiger partial charge in [-0.25, -0.2) is 58.4 Å². The van der Waals surface area contributed by atoms with E-state index in [2.05, 4.69) is 59.0 Å². The quantitative estimate of drug-likeness (QED) is 0.0371. The number of halogens is 5. The number of aromatic nitrogens is 4. The van der Waals surface area contributed by atoms with Crippen molar-refractivity contribution in [3.63, 3.8) is 0 Å². The average Bonchev–Trinajstić information content (AvgIpc) is 1.60. The maximum atomic E-state index is 13.8. The van der Waals surface area contributed by atoms with Gasteiger partial charge in [0, 0.05) is 196 Å². The molecule has 4 aromatic heterocycles. The first-order valence-electron chi connectivity index (χ1n) is 41.7. The summed E-state index contributed by atoms with van der Waals surface area (Å²) in [5.74, 6) is -1.34. The number of aryl methyl sites for hydroxylation is 1. The summed E-state index contributed by atoms with van der Waals surface area (Å²) in [7, 11) is -9.55. The minimum atomic E-state index is -3.78. The Morgan fingerprint density at radius 2 is 0.985 bits per heavy atom. The van der Waals surface area contributed by atoms with E-state index in [1.807, 2.05) is 56.2 Å². The third kappa shape index (κ3) is 23.3. The summed E-state index contributed by atoms with van der Waals surface area (Å²) in [5.41, 5.74) is 11.1. The van der Waals surface area contributed by atoms with Crippen LogP contribution in [-0.4, -0.2) is 215 Å². The third-order valence-corrected chi connectivity index (χ3v) is 31.6. The minimum absolute atomic E-state index is 0. The number of piperazine rings is 2. The molecule has 18 rings (SSSR count). The van der Waals surface area contributed by atoms with Crippen LogP contribution < -0.4 is 59.4 Å². The van der Waals surface area contributed by atoms with Gasteiger partial charge in [-0.3, -0.25) is 52.3 Å². The fourth-order valence-corrected chi connectivity index (χ4v) is 23.1. The van der Waals surface area contributed by atoms with Crippen molar-refractivity contribution >= 4 is 188 Å². The number of sulfonamides is 3. The van der Waals surface area contributed by atoms with E-state index in [1.165, 1.54) is 118 Å². The van der Waals surface area contributed by atoms with Crippen LogP contribution >= 0.6 is 68.5 Å². The molecule has 6 atom stereocenters. The number of amides is 4. The van der Waals surface area contributed by atoms with Crippen molar-refractivity contribution in [3.8, 4) is 5.75 Å². The number of benzene rings is 7. The maximum Gasteiger partial charge on any atom is 0.263 e. The van der Waals surface area contributed by atoms with Gasteiger partial charge in [-0.1, -0.05) is 43.1 Å². The predicted octanol–water partition coefficient (Wildman–Crippen LogP) is 15.7. The third-order valence-electron chi connectivity index (χ3n) is 23.1. The molecule has 131 heavy (non-hydrogen) atoms. The fourth-order valence-electron chi connectivity index (χ4n) is 16.5. The second-order valence-corrected chi connectivity index (χ2v) is 42.2. The largest absolute Gasteiger partial charge is 0.768 e. The number of carbonyl (C=O) groups excluding carboxylic acids is 4. The van der Waals surface area contributed by atoms with Crippen LogP contribution in [0.4, 0.5) is 67.8 Å². The van der Waals surface area contributed by atoms with E-state index in [0.717, 1.165) is 91.3 Å². The molecule has 0 saturated carbocycles. The van der Waals surface area contributed by atoms with Gasteiger partial charge in [-0.05, 0) is 208 Å². The first-order chi connectivity index (χ1) is 62.7. The molecular formula is C87H114Cl2F3N18O13S8-. The van der Waals surface area contributed by atoms with E-state index >= 15 is 0 Å². The molecule has 6 N–H and O–H groups in total. The van der Waals surface area contributed by atoms with Gasteiger partial charge in [-0.2, -0.15) is 0 Å². The maximum absolute atomic E-state index is 13.8. The lowest BCUT2D eigenvalue weighted by molar-refractivity contribution is -0.122. The van der Waals surface area contributed by atoms with E-state index in [9.17, 15) is 66.4 Å². The van der Waals surface area contributed by atoms with Crippen molar-refractivity contribution in [2.75, 3.05) is 141 Å². The summed E-state index contributed by atoms with van der Waals surface area (Å²) in [6, 6.07) is 37.1. The molecule has 31 nitrogen and oxygen atoms in total. The second-order valence-electron chi connectivity index (χ2n) is 31.4. The van der Waals surface area contributed by atoms with Gasteiger partial charge in [-0.15, -0.1) is 45.3 Å². The highest BCUT2D eigenvalue weighted by Crippen LogP contribution is 2.41. The lowest BCUT2D eigenvalue weighted by Crippen LogP contribution is -2.52. The Kier molecular flexibility index (Phi) is 31.6. The van der Waals surface area contributed by atoms with Crippen LogP contribution in [0.15, 0.2) is 206 Å². The van der Waals surface area contributed by atoms with E-state index < -0.39 is 58.6 Å². The topological polar surface area (TPSA) is 375 Å². The van der Waals surface area contributed by atoms with E-state index in [-0.39, 0.29) is 98.8 Å². The lowest BCUT2D eigenvalue weighted by Gasteiger charge is -2.40. The number of hydrogen-bond acceptors (Lipinski definition) is 28. The molecule has 7 aromatic carbocycles. The zero-order chi connectivity index (χ0) is 93.2. The molecule has 0 spiro atoms. The molecule has 11 heterocycles. The minimum Gasteiger partial charge on any atom is -0.768 e. The summed E-state index contributed by atoms with van der Waals surface area (Å²) in [4.78, 5) is 86.7. The number of nitrogens with one attached hydrogen (secondary N) is 4. The lowest BCUT2D eigenvalue weighted by atomic mass is 10.1. The van der Waals surface area contributed by atoms with Crippen LogP contribution in [0.2, 0.25) is 10.0 Å². The van der Waals surface area contributed by atoms with Crippen molar-refractivity contribution in [3.05, 3.63) is 230 Å². The Morgan fingerprint density at radius 3 is 1.44 bits per heavy atom. The summed E-state index contributed by atoms with van der Waals surface area (Å²) in [6.07, 6.45) is 9.73. The number of ether oxygens (including phenoxy) is 1. The molecule has 44 heteroatoms.